The lowest BCUT2D eigenvalue weighted by atomic mass is 10.3. The Labute approximate surface area is 141 Å². The maximum Gasteiger partial charge on any atom is 0.237 e. The van der Waals surface area contributed by atoms with E-state index in [0.717, 1.165) is 22.1 Å². The van der Waals surface area contributed by atoms with Gasteiger partial charge in [0.05, 0.1) is 19.0 Å². The first kappa shape index (κ1) is 17.2. The zero-order valence-corrected chi connectivity index (χ0v) is 14.4. The van der Waals surface area contributed by atoms with E-state index in [2.05, 4.69) is 5.32 Å². The summed E-state index contributed by atoms with van der Waals surface area (Å²) >= 11 is 1.51. The van der Waals surface area contributed by atoms with Gasteiger partial charge in [0.15, 0.2) is 0 Å². The summed E-state index contributed by atoms with van der Waals surface area (Å²) < 4.78 is 10.5. The lowest BCUT2D eigenvalue weighted by molar-refractivity contribution is -0.115. The second-order valence-electron chi connectivity index (χ2n) is 4.88. The number of thioether (sulfide) groups is 1. The number of anilines is 1. The molecule has 2 aromatic rings. The van der Waals surface area contributed by atoms with Crippen molar-refractivity contribution in [3.05, 3.63) is 48.5 Å². The molecule has 0 bridgehead atoms. The van der Waals surface area contributed by atoms with Crippen molar-refractivity contribution in [3.8, 4) is 11.5 Å². The van der Waals surface area contributed by atoms with E-state index in [1.165, 1.54) is 11.8 Å². The summed E-state index contributed by atoms with van der Waals surface area (Å²) in [5, 5.41) is 2.71. The van der Waals surface area contributed by atoms with Crippen LogP contribution in [-0.2, 0) is 4.79 Å². The molecule has 0 radical (unpaired) electrons. The Morgan fingerprint density at radius 2 is 1.70 bits per heavy atom. The molecule has 1 N–H and O–H groups in total. The highest BCUT2D eigenvalue weighted by atomic mass is 32.2. The Balaban J connectivity index is 1.90. The fraction of sp³-hybridized carbons (Fsp3) is 0.278. The van der Waals surface area contributed by atoms with Crippen molar-refractivity contribution >= 4 is 23.4 Å². The molecule has 1 amide bonds. The van der Waals surface area contributed by atoms with E-state index in [1.54, 1.807) is 7.11 Å². The van der Waals surface area contributed by atoms with Crippen molar-refractivity contribution in [2.24, 2.45) is 0 Å². The Morgan fingerprint density at radius 3 is 2.26 bits per heavy atom. The van der Waals surface area contributed by atoms with Crippen molar-refractivity contribution in [2.45, 2.75) is 24.0 Å². The van der Waals surface area contributed by atoms with Gasteiger partial charge in [-0.05, 0) is 62.4 Å². The average Bonchev–Trinajstić information content (AvgIpc) is 2.57. The number of hydrogen-bond acceptors (Lipinski definition) is 4. The molecule has 122 valence electrons. The third kappa shape index (κ3) is 5.21. The third-order valence-corrected chi connectivity index (χ3v) is 4.29. The van der Waals surface area contributed by atoms with Crippen molar-refractivity contribution in [3.63, 3.8) is 0 Å². The van der Waals surface area contributed by atoms with Crippen LogP contribution in [0, 0.1) is 0 Å². The molecule has 23 heavy (non-hydrogen) atoms. The molecule has 1 atom stereocenters. The van der Waals surface area contributed by atoms with Crippen molar-refractivity contribution in [1.29, 1.82) is 0 Å². The molecule has 0 aliphatic heterocycles. The predicted octanol–water partition coefficient (Wildman–Crippen LogP) is 4.21. The van der Waals surface area contributed by atoms with E-state index in [9.17, 15) is 4.79 Å². The van der Waals surface area contributed by atoms with Gasteiger partial charge in [0.1, 0.15) is 11.5 Å². The van der Waals surface area contributed by atoms with Gasteiger partial charge >= 0.3 is 0 Å². The fourth-order valence-corrected chi connectivity index (χ4v) is 2.82. The van der Waals surface area contributed by atoms with E-state index in [-0.39, 0.29) is 11.2 Å². The van der Waals surface area contributed by atoms with E-state index in [1.807, 2.05) is 62.4 Å². The topological polar surface area (TPSA) is 47.6 Å². The van der Waals surface area contributed by atoms with Gasteiger partial charge in [-0.1, -0.05) is 0 Å². The zero-order chi connectivity index (χ0) is 16.7. The zero-order valence-electron chi connectivity index (χ0n) is 13.5. The minimum absolute atomic E-state index is 0.0324. The smallest absolute Gasteiger partial charge is 0.237 e. The molecule has 5 heteroatoms. The van der Waals surface area contributed by atoms with Crippen LogP contribution < -0.4 is 14.8 Å². The van der Waals surface area contributed by atoms with Crippen LogP contribution in [0.3, 0.4) is 0 Å². The highest BCUT2D eigenvalue weighted by Crippen LogP contribution is 2.26. The number of methoxy groups -OCH3 is 1. The number of ether oxygens (including phenoxy) is 2. The Kier molecular flexibility index (Phi) is 6.35. The Bertz CT molecular complexity index is 626. The summed E-state index contributed by atoms with van der Waals surface area (Å²) in [5.74, 6) is 1.57. The monoisotopic (exact) mass is 331 g/mol. The lowest BCUT2D eigenvalue weighted by Crippen LogP contribution is -2.22. The van der Waals surface area contributed by atoms with E-state index in [4.69, 9.17) is 9.47 Å². The van der Waals surface area contributed by atoms with Crippen LogP contribution in [0.25, 0.3) is 0 Å². The van der Waals surface area contributed by atoms with Crippen LogP contribution in [0.1, 0.15) is 13.8 Å². The van der Waals surface area contributed by atoms with Gasteiger partial charge in [-0.25, -0.2) is 0 Å². The lowest BCUT2D eigenvalue weighted by Gasteiger charge is -2.13. The third-order valence-electron chi connectivity index (χ3n) is 3.17. The maximum absolute atomic E-state index is 12.3. The predicted molar refractivity (Wildman–Crippen MR) is 94.6 cm³/mol. The molecule has 0 saturated carbocycles. The van der Waals surface area contributed by atoms with Gasteiger partial charge in [0.2, 0.25) is 5.91 Å². The molecule has 0 aliphatic rings. The van der Waals surface area contributed by atoms with Gasteiger partial charge < -0.3 is 14.8 Å². The summed E-state index contributed by atoms with van der Waals surface area (Å²) in [4.78, 5) is 13.3. The first-order valence-electron chi connectivity index (χ1n) is 7.46. The van der Waals surface area contributed by atoms with E-state index >= 15 is 0 Å². The first-order chi connectivity index (χ1) is 11.1. The first-order valence-corrected chi connectivity index (χ1v) is 8.34. The molecule has 0 aliphatic carbocycles. The van der Waals surface area contributed by atoms with Crippen molar-refractivity contribution in [2.75, 3.05) is 19.0 Å². The largest absolute Gasteiger partial charge is 0.497 e. The van der Waals surface area contributed by atoms with Gasteiger partial charge in [-0.2, -0.15) is 0 Å². The van der Waals surface area contributed by atoms with Gasteiger partial charge in [-0.15, -0.1) is 11.8 Å². The second kappa shape index (κ2) is 8.48. The second-order valence-corrected chi connectivity index (χ2v) is 6.30. The van der Waals surface area contributed by atoms with Crippen LogP contribution in [-0.4, -0.2) is 24.9 Å². The van der Waals surface area contributed by atoms with Gasteiger partial charge in [0, 0.05) is 10.6 Å². The minimum Gasteiger partial charge on any atom is -0.497 e. The Hall–Kier alpha value is -2.14. The van der Waals surface area contributed by atoms with Crippen LogP contribution in [0.15, 0.2) is 53.4 Å². The van der Waals surface area contributed by atoms with Crippen LogP contribution in [0.4, 0.5) is 5.69 Å². The highest BCUT2D eigenvalue weighted by Gasteiger charge is 2.14. The molecule has 2 aromatic carbocycles. The van der Waals surface area contributed by atoms with Crippen LogP contribution >= 0.6 is 11.8 Å². The minimum atomic E-state index is -0.199. The number of benzene rings is 2. The molecule has 0 spiro atoms. The van der Waals surface area contributed by atoms with Gasteiger partial charge in [0.25, 0.3) is 0 Å². The normalized spacial score (nSPS) is 11.6. The summed E-state index contributed by atoms with van der Waals surface area (Å²) in [6.07, 6.45) is 0. The molecule has 4 nitrogen and oxygen atoms in total. The summed E-state index contributed by atoms with van der Waals surface area (Å²) in [7, 11) is 1.63. The molecule has 0 fully saturated rings. The highest BCUT2D eigenvalue weighted by molar-refractivity contribution is 8.00. The standard InChI is InChI=1S/C18H21NO3S/c1-4-22-16-7-5-14(6-8-16)19-18(20)13(2)23-17-11-9-15(21-3)10-12-17/h5-13H,4H2,1-3H3,(H,19,20). The molecule has 0 heterocycles. The molecule has 2 rings (SSSR count). The maximum atomic E-state index is 12.3. The summed E-state index contributed by atoms with van der Waals surface area (Å²) in [6.45, 7) is 4.45. The van der Waals surface area contributed by atoms with Crippen LogP contribution in [0.5, 0.6) is 11.5 Å². The van der Waals surface area contributed by atoms with E-state index < -0.39 is 0 Å². The van der Waals surface area contributed by atoms with Crippen molar-refractivity contribution < 1.29 is 14.3 Å². The quantitative estimate of drug-likeness (QED) is 0.772. The number of hydrogen-bond donors (Lipinski definition) is 1. The molecule has 0 aromatic heterocycles. The number of amides is 1. The van der Waals surface area contributed by atoms with Crippen LogP contribution in [0.2, 0.25) is 0 Å². The number of carbonyl (C=O) groups excluding carboxylic acids is 1. The molecular formula is C18H21NO3S. The van der Waals surface area contributed by atoms with Gasteiger partial charge in [-0.3, -0.25) is 4.79 Å². The molecule has 1 unspecified atom stereocenters. The number of carbonyl (C=O) groups is 1. The fourth-order valence-electron chi connectivity index (χ4n) is 1.96. The average molecular weight is 331 g/mol. The van der Waals surface area contributed by atoms with Crippen molar-refractivity contribution in [1.82, 2.24) is 0 Å². The van der Waals surface area contributed by atoms with E-state index in [0.29, 0.717) is 6.61 Å². The number of rotatable bonds is 7. The summed E-state index contributed by atoms with van der Waals surface area (Å²) in [5.41, 5.74) is 0.764. The molecule has 0 saturated heterocycles. The number of nitrogens with one attached hydrogen (secondary N) is 1. The Morgan fingerprint density at radius 1 is 1.09 bits per heavy atom. The SMILES string of the molecule is CCOc1ccc(NC(=O)C(C)Sc2ccc(OC)cc2)cc1. The summed E-state index contributed by atoms with van der Waals surface area (Å²) in [6, 6.07) is 15.1. The molecular weight excluding hydrogens is 310 g/mol.